The molecule has 3 aromatic rings. The summed E-state index contributed by atoms with van der Waals surface area (Å²) in [6, 6.07) is 21.2. The van der Waals surface area contributed by atoms with E-state index < -0.39 is 17.2 Å². The Hall–Kier alpha value is -3.39. The number of amides is 2. The number of hydrogen-bond donors (Lipinski definition) is 1. The van der Waals surface area contributed by atoms with Crippen LogP contribution in [-0.4, -0.2) is 74.2 Å². The number of piperidine rings is 2. The molecule has 8 nitrogen and oxygen atoms in total. The molecule has 45 heavy (non-hydrogen) atoms. The monoisotopic (exact) mass is 613 g/mol. The maximum Gasteiger partial charge on any atom is 0.408 e. The molecule has 2 bridgehead atoms. The molecule has 0 unspecified atom stereocenters. The molecular weight excluding hydrogens is 562 g/mol. The topological polar surface area (TPSA) is 79.7 Å². The molecule has 4 heterocycles. The number of imidazole rings is 1. The highest BCUT2D eigenvalue weighted by Gasteiger charge is 2.45. The number of alkyl carbamates (subject to hydrolysis) is 1. The first kappa shape index (κ1) is 31.6. The van der Waals surface area contributed by atoms with Crippen LogP contribution in [-0.2, 0) is 14.9 Å². The third kappa shape index (κ3) is 6.49. The van der Waals surface area contributed by atoms with E-state index in [0.29, 0.717) is 31.2 Å². The first-order chi connectivity index (χ1) is 21.4. The van der Waals surface area contributed by atoms with E-state index >= 15 is 0 Å². The van der Waals surface area contributed by atoms with Gasteiger partial charge in [-0.3, -0.25) is 9.69 Å². The lowest BCUT2D eigenvalue weighted by Crippen LogP contribution is -2.59. The van der Waals surface area contributed by atoms with Crippen LogP contribution in [0, 0.1) is 6.92 Å². The predicted octanol–water partition coefficient (Wildman–Crippen LogP) is 6.77. The summed E-state index contributed by atoms with van der Waals surface area (Å²) in [7, 11) is 0. The predicted molar refractivity (Wildman–Crippen MR) is 178 cm³/mol. The highest BCUT2D eigenvalue weighted by molar-refractivity contribution is 5.89. The number of rotatable bonds is 7. The molecule has 0 spiro atoms. The van der Waals surface area contributed by atoms with Gasteiger partial charge in [0.05, 0.1) is 11.0 Å². The van der Waals surface area contributed by atoms with Crippen LogP contribution in [0.4, 0.5) is 4.79 Å². The first-order valence-corrected chi connectivity index (χ1v) is 16.9. The Morgan fingerprint density at radius 3 is 2.18 bits per heavy atom. The molecule has 3 atom stereocenters. The number of benzene rings is 2. The van der Waals surface area contributed by atoms with Gasteiger partial charge in [-0.25, -0.2) is 9.78 Å². The van der Waals surface area contributed by atoms with Crippen LogP contribution in [0.5, 0.6) is 0 Å². The van der Waals surface area contributed by atoms with E-state index in [-0.39, 0.29) is 11.3 Å². The number of hydrogen-bond acceptors (Lipinski definition) is 5. The van der Waals surface area contributed by atoms with Gasteiger partial charge < -0.3 is 19.5 Å². The number of para-hydroxylation sites is 2. The number of likely N-dealkylation sites (tertiary alicyclic amines) is 1. The van der Waals surface area contributed by atoms with E-state index in [2.05, 4.69) is 76.3 Å². The zero-order valence-electron chi connectivity index (χ0n) is 28.0. The number of aryl methyl sites for hydroxylation is 1. The number of nitrogens with one attached hydrogen (secondary N) is 1. The van der Waals surface area contributed by atoms with Gasteiger partial charge in [0.1, 0.15) is 17.0 Å². The van der Waals surface area contributed by atoms with Crippen LogP contribution in [0.1, 0.15) is 97.0 Å². The zero-order valence-corrected chi connectivity index (χ0v) is 28.0. The fourth-order valence-corrected chi connectivity index (χ4v) is 8.41. The Balaban J connectivity index is 1.13. The third-order valence-electron chi connectivity index (χ3n) is 10.6. The van der Waals surface area contributed by atoms with Crippen molar-refractivity contribution in [1.29, 1.82) is 0 Å². The maximum absolute atomic E-state index is 13.6. The standard InChI is InChI=1S/C37H51N5O3/c1-26-38-31-14-10-11-15-32(31)42(26)30-24-28-16-17-29(25-30)41(28)23-20-37(27-12-8-7-9-13-27)18-21-40(22-19-37)33(43)36(5,6)39-34(44)45-35(2,3)4/h7-15,28-30H,16-25H2,1-6H3,(H,39,44)/t28-,29+,30+. The summed E-state index contributed by atoms with van der Waals surface area (Å²) < 4.78 is 7.95. The van der Waals surface area contributed by atoms with E-state index in [0.717, 1.165) is 37.1 Å². The molecule has 8 heteroatoms. The minimum absolute atomic E-state index is 0.0220. The summed E-state index contributed by atoms with van der Waals surface area (Å²) in [5.41, 5.74) is 2.10. The fraction of sp³-hybridized carbons (Fsp3) is 0.595. The second-order valence-corrected chi connectivity index (χ2v) is 15.2. The highest BCUT2D eigenvalue weighted by atomic mass is 16.6. The fourth-order valence-electron chi connectivity index (χ4n) is 8.41. The summed E-state index contributed by atoms with van der Waals surface area (Å²) in [5.74, 6) is 1.07. The van der Waals surface area contributed by atoms with Gasteiger partial charge in [-0.05, 0) is 116 Å². The molecule has 2 aromatic carbocycles. The van der Waals surface area contributed by atoms with Crippen molar-refractivity contribution in [3.05, 3.63) is 66.0 Å². The second kappa shape index (κ2) is 12.1. The van der Waals surface area contributed by atoms with Gasteiger partial charge in [0.2, 0.25) is 5.91 Å². The molecule has 0 aliphatic carbocycles. The van der Waals surface area contributed by atoms with E-state index in [1.807, 2.05) is 25.7 Å². The van der Waals surface area contributed by atoms with Gasteiger partial charge in [0.25, 0.3) is 0 Å². The van der Waals surface area contributed by atoms with Gasteiger partial charge in [-0.2, -0.15) is 0 Å². The molecule has 242 valence electrons. The number of fused-ring (bicyclic) bond motifs is 3. The molecule has 2 amide bonds. The first-order valence-electron chi connectivity index (χ1n) is 16.9. The van der Waals surface area contributed by atoms with Crippen molar-refractivity contribution in [3.63, 3.8) is 0 Å². The van der Waals surface area contributed by atoms with Crippen molar-refractivity contribution >= 4 is 23.0 Å². The summed E-state index contributed by atoms with van der Waals surface area (Å²) in [6.07, 6.45) is 7.25. The minimum atomic E-state index is -1.04. The SMILES string of the molecule is Cc1nc2ccccc2n1[C@H]1C[C@H]2CC[C@@H](C1)N2CCC1(c2ccccc2)CCN(C(=O)C(C)(C)NC(=O)OC(C)(C)C)CC1. The number of ether oxygens (including phenoxy) is 1. The van der Waals surface area contributed by atoms with E-state index in [9.17, 15) is 9.59 Å². The van der Waals surface area contributed by atoms with Crippen LogP contribution in [0.25, 0.3) is 11.0 Å². The van der Waals surface area contributed by atoms with Crippen molar-refractivity contribution in [2.45, 2.75) is 121 Å². The largest absolute Gasteiger partial charge is 0.444 e. The van der Waals surface area contributed by atoms with Gasteiger partial charge in [0.15, 0.2) is 0 Å². The van der Waals surface area contributed by atoms with Crippen LogP contribution in [0.2, 0.25) is 0 Å². The molecule has 6 rings (SSSR count). The summed E-state index contributed by atoms with van der Waals surface area (Å²) in [6.45, 7) is 13.6. The zero-order chi connectivity index (χ0) is 32.0. The summed E-state index contributed by atoms with van der Waals surface area (Å²) >= 11 is 0. The third-order valence-corrected chi connectivity index (χ3v) is 10.6. The number of carbonyl (C=O) groups is 2. The van der Waals surface area contributed by atoms with Gasteiger partial charge in [-0.1, -0.05) is 42.5 Å². The van der Waals surface area contributed by atoms with Gasteiger partial charge in [-0.15, -0.1) is 0 Å². The second-order valence-electron chi connectivity index (χ2n) is 15.2. The van der Waals surface area contributed by atoms with E-state index in [4.69, 9.17) is 9.72 Å². The molecule has 3 aliphatic rings. The molecule has 1 N–H and O–H groups in total. The summed E-state index contributed by atoms with van der Waals surface area (Å²) in [4.78, 5) is 35.8. The Kier molecular flexibility index (Phi) is 8.48. The normalized spacial score (nSPS) is 23.7. The van der Waals surface area contributed by atoms with Crippen molar-refractivity contribution in [2.75, 3.05) is 19.6 Å². The average molecular weight is 614 g/mol. The Bertz CT molecular complexity index is 1500. The smallest absolute Gasteiger partial charge is 0.408 e. The van der Waals surface area contributed by atoms with Crippen LogP contribution in [0.15, 0.2) is 54.6 Å². The molecular formula is C37H51N5O3. The number of carbonyl (C=O) groups excluding carboxylic acids is 2. The minimum Gasteiger partial charge on any atom is -0.444 e. The van der Waals surface area contributed by atoms with Crippen LogP contribution < -0.4 is 5.32 Å². The quantitative estimate of drug-likeness (QED) is 0.318. The van der Waals surface area contributed by atoms with Gasteiger partial charge >= 0.3 is 6.09 Å². The van der Waals surface area contributed by atoms with E-state index in [1.54, 1.807) is 13.8 Å². The molecule has 3 fully saturated rings. The van der Waals surface area contributed by atoms with Crippen molar-refractivity contribution in [3.8, 4) is 0 Å². The Morgan fingerprint density at radius 1 is 0.911 bits per heavy atom. The lowest BCUT2D eigenvalue weighted by atomic mass is 9.70. The molecule has 1 aromatic heterocycles. The van der Waals surface area contributed by atoms with Gasteiger partial charge in [0, 0.05) is 31.2 Å². The molecule has 3 aliphatic heterocycles. The molecule has 0 radical (unpaired) electrons. The Labute approximate surface area is 268 Å². The van der Waals surface area contributed by atoms with Crippen molar-refractivity contribution in [2.24, 2.45) is 0 Å². The maximum atomic E-state index is 13.6. The van der Waals surface area contributed by atoms with Crippen molar-refractivity contribution < 1.29 is 14.3 Å². The lowest BCUT2D eigenvalue weighted by Gasteiger charge is -2.46. The molecule has 0 saturated carbocycles. The number of aromatic nitrogens is 2. The average Bonchev–Trinajstić information content (AvgIpc) is 3.45. The Morgan fingerprint density at radius 2 is 1.53 bits per heavy atom. The van der Waals surface area contributed by atoms with E-state index in [1.165, 1.54) is 36.8 Å². The highest BCUT2D eigenvalue weighted by Crippen LogP contribution is 2.45. The molecule has 3 saturated heterocycles. The van der Waals surface area contributed by atoms with Crippen LogP contribution in [0.3, 0.4) is 0 Å². The number of nitrogens with zero attached hydrogens (tertiary/aromatic N) is 4. The lowest BCUT2D eigenvalue weighted by molar-refractivity contribution is -0.138. The van der Waals surface area contributed by atoms with Crippen LogP contribution >= 0.6 is 0 Å². The van der Waals surface area contributed by atoms with Crippen molar-refractivity contribution in [1.82, 2.24) is 24.7 Å². The summed E-state index contributed by atoms with van der Waals surface area (Å²) in [5, 5.41) is 2.81.